The molecule has 0 amide bonds. The standard InChI is InChI=1S/C21H17F3N4O2/c1-4-20(7-8-20)27-18-17-15(10-13(21(22,23)24)11-16(17)30-3)28(19(29)26-18)14-6-5-9-25-12(14)2/h1,5-6,9-11H,7-8H2,2-3H3,(H,26,27,29). The number of terminal acetylenes is 1. The maximum atomic E-state index is 13.6. The highest BCUT2D eigenvalue weighted by Gasteiger charge is 2.42. The van der Waals surface area contributed by atoms with Crippen molar-refractivity contribution in [1.29, 1.82) is 0 Å². The average molecular weight is 414 g/mol. The van der Waals surface area contributed by atoms with E-state index in [0.29, 0.717) is 24.2 Å². The van der Waals surface area contributed by atoms with Gasteiger partial charge in [-0.1, -0.05) is 5.92 Å². The van der Waals surface area contributed by atoms with Gasteiger partial charge in [-0.2, -0.15) is 18.2 Å². The molecule has 3 aromatic rings. The molecule has 0 radical (unpaired) electrons. The Morgan fingerprint density at radius 1 is 1.33 bits per heavy atom. The summed E-state index contributed by atoms with van der Waals surface area (Å²) in [6, 6.07) is 4.98. The molecule has 6 nitrogen and oxygen atoms in total. The molecule has 2 heterocycles. The Bertz CT molecular complexity index is 1250. The first-order valence-electron chi connectivity index (χ1n) is 9.09. The second-order valence-electron chi connectivity index (χ2n) is 7.11. The van der Waals surface area contributed by atoms with Crippen LogP contribution in [-0.4, -0.2) is 27.2 Å². The second kappa shape index (κ2) is 6.76. The van der Waals surface area contributed by atoms with E-state index in [1.54, 1.807) is 19.1 Å². The van der Waals surface area contributed by atoms with E-state index in [0.717, 1.165) is 16.7 Å². The van der Waals surface area contributed by atoms with Crippen molar-refractivity contribution >= 4 is 16.7 Å². The summed E-state index contributed by atoms with van der Waals surface area (Å²) in [5.74, 6) is 2.64. The fourth-order valence-corrected chi connectivity index (χ4v) is 3.34. The van der Waals surface area contributed by atoms with Crippen LogP contribution in [0.15, 0.2) is 35.3 Å². The van der Waals surface area contributed by atoms with Gasteiger partial charge in [0.25, 0.3) is 0 Å². The van der Waals surface area contributed by atoms with Gasteiger partial charge in [-0.25, -0.2) is 4.79 Å². The summed E-state index contributed by atoms with van der Waals surface area (Å²) in [4.78, 5) is 21.2. The first-order chi connectivity index (χ1) is 14.2. The molecule has 30 heavy (non-hydrogen) atoms. The molecule has 0 unspecified atom stereocenters. The third-order valence-electron chi connectivity index (χ3n) is 5.11. The van der Waals surface area contributed by atoms with Gasteiger partial charge in [0, 0.05) is 6.20 Å². The summed E-state index contributed by atoms with van der Waals surface area (Å²) in [5, 5.41) is 3.28. The molecule has 154 valence electrons. The molecular formula is C21H17F3N4O2. The summed E-state index contributed by atoms with van der Waals surface area (Å²) in [6.07, 6.45) is 3.80. The van der Waals surface area contributed by atoms with Crippen molar-refractivity contribution in [3.8, 4) is 23.8 Å². The number of anilines is 1. The fourth-order valence-electron chi connectivity index (χ4n) is 3.34. The molecule has 0 spiro atoms. The highest BCUT2D eigenvalue weighted by molar-refractivity contribution is 5.97. The Labute approximate surface area is 169 Å². The molecule has 2 aromatic heterocycles. The zero-order valence-corrected chi connectivity index (χ0v) is 16.2. The summed E-state index contributed by atoms with van der Waals surface area (Å²) >= 11 is 0. The van der Waals surface area contributed by atoms with Gasteiger partial charge >= 0.3 is 11.9 Å². The van der Waals surface area contributed by atoms with Crippen LogP contribution in [0.1, 0.15) is 24.1 Å². The van der Waals surface area contributed by atoms with E-state index in [1.807, 2.05) is 0 Å². The van der Waals surface area contributed by atoms with Crippen molar-refractivity contribution < 1.29 is 17.9 Å². The number of halogens is 3. The van der Waals surface area contributed by atoms with E-state index >= 15 is 0 Å². The van der Waals surface area contributed by atoms with Gasteiger partial charge in [0.2, 0.25) is 0 Å². The molecule has 9 heteroatoms. The first kappa shape index (κ1) is 19.8. The molecule has 1 aliphatic rings. The molecule has 1 fully saturated rings. The first-order valence-corrected chi connectivity index (χ1v) is 9.09. The number of alkyl halides is 3. The van der Waals surface area contributed by atoms with E-state index < -0.39 is 23.0 Å². The van der Waals surface area contributed by atoms with Crippen molar-refractivity contribution in [2.75, 3.05) is 12.4 Å². The summed E-state index contributed by atoms with van der Waals surface area (Å²) in [6.45, 7) is 1.65. The van der Waals surface area contributed by atoms with Crippen LogP contribution in [0.4, 0.5) is 19.0 Å². The van der Waals surface area contributed by atoms with Gasteiger partial charge in [0.1, 0.15) is 11.6 Å². The van der Waals surface area contributed by atoms with E-state index in [1.165, 1.54) is 13.3 Å². The Kier molecular flexibility index (Phi) is 4.45. The van der Waals surface area contributed by atoms with Crippen molar-refractivity contribution in [3.63, 3.8) is 0 Å². The third-order valence-corrected chi connectivity index (χ3v) is 5.11. The summed E-state index contributed by atoms with van der Waals surface area (Å²) in [5.41, 5.74) is -1.59. The molecule has 0 saturated heterocycles. The smallest absolute Gasteiger partial charge is 0.416 e. The lowest BCUT2D eigenvalue weighted by Gasteiger charge is -2.20. The Hall–Kier alpha value is -3.54. The van der Waals surface area contributed by atoms with Gasteiger partial charge in [-0.15, -0.1) is 6.42 Å². The minimum absolute atomic E-state index is 0.00639. The lowest BCUT2D eigenvalue weighted by atomic mass is 10.1. The van der Waals surface area contributed by atoms with Crippen molar-refractivity contribution in [2.45, 2.75) is 31.5 Å². The van der Waals surface area contributed by atoms with Crippen LogP contribution >= 0.6 is 0 Å². The number of hydrogen-bond donors (Lipinski definition) is 1. The summed E-state index contributed by atoms with van der Waals surface area (Å²) < 4.78 is 47.1. The normalized spacial score (nSPS) is 14.9. The quantitative estimate of drug-likeness (QED) is 0.660. The highest BCUT2D eigenvalue weighted by Crippen LogP contribution is 2.43. The zero-order valence-electron chi connectivity index (χ0n) is 16.2. The molecule has 0 bridgehead atoms. The number of nitrogens with one attached hydrogen (secondary N) is 1. The van der Waals surface area contributed by atoms with E-state index in [-0.39, 0.29) is 22.5 Å². The molecule has 1 aliphatic carbocycles. The molecule has 4 rings (SSSR count). The molecule has 0 atom stereocenters. The van der Waals surface area contributed by atoms with Gasteiger partial charge in [0.15, 0.2) is 0 Å². The summed E-state index contributed by atoms with van der Waals surface area (Å²) in [7, 11) is 1.26. The Morgan fingerprint density at radius 2 is 2.07 bits per heavy atom. The maximum Gasteiger partial charge on any atom is 0.416 e. The number of methoxy groups -OCH3 is 1. The Morgan fingerprint density at radius 3 is 2.63 bits per heavy atom. The minimum Gasteiger partial charge on any atom is -0.496 e. The van der Waals surface area contributed by atoms with Crippen molar-refractivity contribution in [3.05, 3.63) is 52.2 Å². The topological polar surface area (TPSA) is 69.0 Å². The van der Waals surface area contributed by atoms with Crippen LogP contribution in [0.2, 0.25) is 0 Å². The number of aryl methyl sites for hydroxylation is 1. The lowest BCUT2D eigenvalue weighted by molar-refractivity contribution is -0.137. The van der Waals surface area contributed by atoms with E-state index in [9.17, 15) is 18.0 Å². The largest absolute Gasteiger partial charge is 0.496 e. The third kappa shape index (κ3) is 3.24. The molecule has 1 N–H and O–H groups in total. The van der Waals surface area contributed by atoms with Crippen LogP contribution in [-0.2, 0) is 6.18 Å². The van der Waals surface area contributed by atoms with Gasteiger partial charge in [0.05, 0.1) is 40.5 Å². The minimum atomic E-state index is -4.64. The number of hydrogen-bond acceptors (Lipinski definition) is 5. The van der Waals surface area contributed by atoms with Gasteiger partial charge in [-0.05, 0) is 44.0 Å². The monoisotopic (exact) mass is 414 g/mol. The van der Waals surface area contributed by atoms with Crippen LogP contribution in [0.25, 0.3) is 16.6 Å². The van der Waals surface area contributed by atoms with Gasteiger partial charge in [-0.3, -0.25) is 9.55 Å². The van der Waals surface area contributed by atoms with E-state index in [4.69, 9.17) is 11.2 Å². The van der Waals surface area contributed by atoms with Crippen LogP contribution < -0.4 is 15.7 Å². The number of fused-ring (bicyclic) bond motifs is 1. The molecule has 1 saturated carbocycles. The lowest BCUT2D eigenvalue weighted by Crippen LogP contribution is -2.28. The second-order valence-corrected chi connectivity index (χ2v) is 7.11. The predicted molar refractivity (Wildman–Crippen MR) is 106 cm³/mol. The molecule has 1 aromatic carbocycles. The molecular weight excluding hydrogens is 397 g/mol. The SMILES string of the molecule is C#CC1(Nc2nc(=O)n(-c3cccnc3C)c3cc(C(F)(F)F)cc(OC)c23)CC1. The number of benzene rings is 1. The molecule has 0 aliphatic heterocycles. The number of pyridine rings is 1. The van der Waals surface area contributed by atoms with Crippen LogP contribution in [0.5, 0.6) is 5.75 Å². The number of aromatic nitrogens is 3. The number of rotatable bonds is 4. The van der Waals surface area contributed by atoms with Crippen LogP contribution in [0.3, 0.4) is 0 Å². The van der Waals surface area contributed by atoms with Crippen LogP contribution in [0, 0.1) is 19.3 Å². The predicted octanol–water partition coefficient (Wildman–Crippen LogP) is 3.69. The number of nitrogens with zero attached hydrogens (tertiary/aromatic N) is 3. The fraction of sp³-hybridized carbons (Fsp3) is 0.286. The highest BCUT2D eigenvalue weighted by atomic mass is 19.4. The van der Waals surface area contributed by atoms with E-state index in [2.05, 4.69) is 21.2 Å². The average Bonchev–Trinajstić information content (AvgIpc) is 3.47. The Balaban J connectivity index is 2.12. The van der Waals surface area contributed by atoms with Crippen molar-refractivity contribution in [1.82, 2.24) is 14.5 Å². The van der Waals surface area contributed by atoms with Crippen molar-refractivity contribution in [2.24, 2.45) is 0 Å². The van der Waals surface area contributed by atoms with Gasteiger partial charge < -0.3 is 10.1 Å². The zero-order chi connectivity index (χ0) is 21.7. The number of ether oxygens (including phenoxy) is 1. The maximum absolute atomic E-state index is 13.6.